The lowest BCUT2D eigenvalue weighted by atomic mass is 9.93. The zero-order valence-corrected chi connectivity index (χ0v) is 14.5. The molecule has 0 N–H and O–H groups in total. The van der Waals surface area contributed by atoms with Gasteiger partial charge in [0.05, 0.1) is 27.1 Å². The van der Waals surface area contributed by atoms with Crippen LogP contribution in [0.2, 0.25) is 0 Å². The Morgan fingerprint density at radius 1 is 1.08 bits per heavy atom. The summed E-state index contributed by atoms with van der Waals surface area (Å²) in [5.74, 6) is 1.13. The van der Waals surface area contributed by atoms with Gasteiger partial charge in [-0.2, -0.15) is 0 Å². The van der Waals surface area contributed by atoms with E-state index in [2.05, 4.69) is 0 Å². The van der Waals surface area contributed by atoms with E-state index >= 15 is 0 Å². The summed E-state index contributed by atoms with van der Waals surface area (Å²) in [6.07, 6.45) is 1.13. The summed E-state index contributed by atoms with van der Waals surface area (Å²) >= 11 is 0. The van der Waals surface area contributed by atoms with Crippen LogP contribution in [0.1, 0.15) is 22.7 Å². The van der Waals surface area contributed by atoms with Gasteiger partial charge in [0.1, 0.15) is 6.04 Å². The first-order chi connectivity index (χ1) is 11.5. The van der Waals surface area contributed by atoms with Gasteiger partial charge in [0.2, 0.25) is 10.0 Å². The number of nitrogens with zero attached hydrogens (tertiary/aromatic N) is 1. The maximum atomic E-state index is 12.2. The molecule has 2 aromatic carbocycles. The Bertz CT molecular complexity index is 836. The van der Waals surface area contributed by atoms with Gasteiger partial charge in [-0.1, -0.05) is 34.8 Å². The van der Waals surface area contributed by atoms with E-state index in [1.807, 2.05) is 42.5 Å². The molecule has 0 aliphatic carbocycles. The molecule has 0 fully saturated rings. The molecule has 0 amide bonds. The van der Waals surface area contributed by atoms with Gasteiger partial charge in [-0.15, -0.1) is 0 Å². The Balaban J connectivity index is 2.21. The molecule has 7 heteroatoms. The van der Waals surface area contributed by atoms with Crippen LogP contribution in [0.4, 0.5) is 0 Å². The predicted octanol–water partition coefficient (Wildman–Crippen LogP) is 2.50. The third kappa shape index (κ3) is 2.98. The van der Waals surface area contributed by atoms with Gasteiger partial charge < -0.3 is 9.47 Å². The standard InChI is InChI=1S/C17H19NO5S/c1-21-15-9-13-11-23-18(24(3,19)20)17(12-7-5-4-6-8-12)14(13)10-16(15)22-2/h4-10,17H,11H2,1-3H3. The molecule has 1 atom stereocenters. The first-order valence-corrected chi connectivity index (χ1v) is 9.22. The Hall–Kier alpha value is -2.09. The van der Waals surface area contributed by atoms with E-state index < -0.39 is 16.1 Å². The van der Waals surface area contributed by atoms with E-state index in [0.29, 0.717) is 11.5 Å². The van der Waals surface area contributed by atoms with Crippen molar-refractivity contribution in [3.8, 4) is 11.5 Å². The van der Waals surface area contributed by atoms with E-state index in [1.165, 1.54) is 0 Å². The molecule has 1 aliphatic rings. The first-order valence-electron chi connectivity index (χ1n) is 7.37. The smallest absolute Gasteiger partial charge is 0.234 e. The molecular weight excluding hydrogens is 330 g/mol. The zero-order valence-electron chi connectivity index (χ0n) is 13.7. The highest BCUT2D eigenvalue weighted by molar-refractivity contribution is 7.88. The molecule has 2 aromatic rings. The van der Waals surface area contributed by atoms with Crippen LogP contribution in [-0.4, -0.2) is 33.4 Å². The third-order valence-corrected chi connectivity index (χ3v) is 4.91. The van der Waals surface area contributed by atoms with E-state index in [9.17, 15) is 8.42 Å². The second kappa shape index (κ2) is 6.43. The summed E-state index contributed by atoms with van der Waals surface area (Å²) in [6, 6.07) is 12.4. The van der Waals surface area contributed by atoms with Crippen molar-refractivity contribution >= 4 is 10.0 Å². The molecule has 0 bridgehead atoms. The van der Waals surface area contributed by atoms with Crippen molar-refractivity contribution in [3.05, 3.63) is 59.2 Å². The number of benzene rings is 2. The normalized spacial score (nSPS) is 18.0. The lowest BCUT2D eigenvalue weighted by Crippen LogP contribution is -2.38. The molecule has 1 heterocycles. The van der Waals surface area contributed by atoms with Gasteiger partial charge in [0, 0.05) is 0 Å². The third-order valence-electron chi connectivity index (χ3n) is 3.94. The number of hydroxylamine groups is 1. The van der Waals surface area contributed by atoms with Gasteiger partial charge in [-0.05, 0) is 28.8 Å². The van der Waals surface area contributed by atoms with Crippen molar-refractivity contribution < 1.29 is 22.7 Å². The van der Waals surface area contributed by atoms with Crippen LogP contribution in [0.15, 0.2) is 42.5 Å². The fourth-order valence-electron chi connectivity index (χ4n) is 2.86. The minimum atomic E-state index is -3.56. The lowest BCUT2D eigenvalue weighted by molar-refractivity contribution is -0.127. The molecule has 24 heavy (non-hydrogen) atoms. The lowest BCUT2D eigenvalue weighted by Gasteiger charge is -2.35. The Kier molecular flexibility index (Phi) is 4.49. The van der Waals surface area contributed by atoms with Crippen molar-refractivity contribution in [2.75, 3.05) is 20.5 Å². The fraction of sp³-hybridized carbons (Fsp3) is 0.294. The van der Waals surface area contributed by atoms with E-state index in [1.54, 1.807) is 14.2 Å². The van der Waals surface area contributed by atoms with Gasteiger partial charge >= 0.3 is 0 Å². The minimum absolute atomic E-state index is 0.145. The SMILES string of the molecule is COc1cc2c(cc1OC)C(c1ccccc1)N(S(C)(=O)=O)OC2. The summed E-state index contributed by atoms with van der Waals surface area (Å²) in [6.45, 7) is 0.145. The number of ether oxygens (including phenoxy) is 2. The highest BCUT2D eigenvalue weighted by Gasteiger charge is 2.36. The molecule has 128 valence electrons. The molecule has 6 nitrogen and oxygen atoms in total. The second-order valence-electron chi connectivity index (χ2n) is 5.51. The number of fused-ring (bicyclic) bond motifs is 1. The first kappa shape index (κ1) is 16.8. The van der Waals surface area contributed by atoms with Crippen LogP contribution in [-0.2, 0) is 21.5 Å². The van der Waals surface area contributed by atoms with Crippen LogP contribution in [0, 0.1) is 0 Å². The Morgan fingerprint density at radius 2 is 1.71 bits per heavy atom. The van der Waals surface area contributed by atoms with Gasteiger partial charge in [-0.25, -0.2) is 8.42 Å². The highest BCUT2D eigenvalue weighted by Crippen LogP contribution is 2.42. The largest absolute Gasteiger partial charge is 0.493 e. The molecule has 0 saturated carbocycles. The predicted molar refractivity (Wildman–Crippen MR) is 89.3 cm³/mol. The van der Waals surface area contributed by atoms with Crippen LogP contribution >= 0.6 is 0 Å². The average molecular weight is 349 g/mol. The van der Waals surface area contributed by atoms with Crippen LogP contribution in [0.3, 0.4) is 0 Å². The van der Waals surface area contributed by atoms with E-state index in [-0.39, 0.29) is 6.61 Å². The number of sulfonamides is 1. The topological polar surface area (TPSA) is 65.1 Å². The highest BCUT2D eigenvalue weighted by atomic mass is 32.2. The number of methoxy groups -OCH3 is 2. The van der Waals surface area contributed by atoms with E-state index in [4.69, 9.17) is 14.3 Å². The molecule has 1 aliphatic heterocycles. The summed E-state index contributed by atoms with van der Waals surface area (Å²) < 4.78 is 36.2. The molecular formula is C17H19NO5S. The van der Waals surface area contributed by atoms with Crippen molar-refractivity contribution in [2.45, 2.75) is 12.6 Å². The van der Waals surface area contributed by atoms with Gasteiger partial charge in [-0.3, -0.25) is 4.84 Å². The van der Waals surface area contributed by atoms with Crippen molar-refractivity contribution in [3.63, 3.8) is 0 Å². The van der Waals surface area contributed by atoms with Gasteiger partial charge in [0.15, 0.2) is 11.5 Å². The Labute approximate surface area is 141 Å². The summed E-state index contributed by atoms with van der Waals surface area (Å²) in [5, 5.41) is 0. The number of hydrogen-bond acceptors (Lipinski definition) is 5. The number of hydrogen-bond donors (Lipinski definition) is 0. The van der Waals surface area contributed by atoms with Crippen LogP contribution < -0.4 is 9.47 Å². The molecule has 1 unspecified atom stereocenters. The molecule has 0 spiro atoms. The molecule has 0 aromatic heterocycles. The van der Waals surface area contributed by atoms with E-state index in [0.717, 1.165) is 27.4 Å². The minimum Gasteiger partial charge on any atom is -0.493 e. The monoisotopic (exact) mass is 349 g/mol. The maximum Gasteiger partial charge on any atom is 0.234 e. The molecule has 0 radical (unpaired) electrons. The van der Waals surface area contributed by atoms with Gasteiger partial charge in [0.25, 0.3) is 0 Å². The summed E-state index contributed by atoms with van der Waals surface area (Å²) in [4.78, 5) is 5.56. The second-order valence-corrected chi connectivity index (χ2v) is 7.34. The van der Waals surface area contributed by atoms with Crippen molar-refractivity contribution in [1.29, 1.82) is 0 Å². The summed E-state index contributed by atoms with van der Waals surface area (Å²) in [5.41, 5.74) is 2.49. The molecule has 0 saturated heterocycles. The Morgan fingerprint density at radius 3 is 2.29 bits per heavy atom. The van der Waals surface area contributed by atoms with Crippen LogP contribution in [0.25, 0.3) is 0 Å². The zero-order chi connectivity index (χ0) is 17.3. The van der Waals surface area contributed by atoms with Crippen molar-refractivity contribution in [2.24, 2.45) is 0 Å². The van der Waals surface area contributed by atoms with Crippen LogP contribution in [0.5, 0.6) is 11.5 Å². The fourth-order valence-corrected chi connectivity index (χ4v) is 3.72. The molecule has 3 rings (SSSR count). The maximum absolute atomic E-state index is 12.2. The van der Waals surface area contributed by atoms with Crippen molar-refractivity contribution in [1.82, 2.24) is 4.47 Å². The summed E-state index contributed by atoms with van der Waals surface area (Å²) in [7, 11) is -0.450. The quantitative estimate of drug-likeness (QED) is 0.848. The average Bonchev–Trinajstić information content (AvgIpc) is 2.59. The number of rotatable bonds is 4.